The van der Waals surface area contributed by atoms with Crippen molar-refractivity contribution in [3.8, 4) is 0 Å². The average Bonchev–Trinajstić information content (AvgIpc) is 3.04. The van der Waals surface area contributed by atoms with Gasteiger partial charge < -0.3 is 5.11 Å². The molecule has 106 valence electrons. The largest absolute Gasteiger partial charge is 0.367 e. The number of fused-ring (bicyclic) bond motifs is 2. The van der Waals surface area contributed by atoms with Gasteiger partial charge in [0.05, 0.1) is 6.04 Å². The van der Waals surface area contributed by atoms with E-state index in [1.807, 2.05) is 12.1 Å². The number of nitrogens with zero attached hydrogens (tertiary/aromatic N) is 2. The lowest BCUT2D eigenvalue weighted by molar-refractivity contribution is 0.0514. The van der Waals surface area contributed by atoms with E-state index in [2.05, 4.69) is 46.6 Å². The van der Waals surface area contributed by atoms with Gasteiger partial charge in [-0.05, 0) is 35.1 Å². The van der Waals surface area contributed by atoms with Crippen molar-refractivity contribution in [3.63, 3.8) is 0 Å². The first-order valence-electron chi connectivity index (χ1n) is 7.50. The lowest BCUT2D eigenvalue weighted by Crippen LogP contribution is -2.26. The van der Waals surface area contributed by atoms with E-state index < -0.39 is 5.72 Å². The molecule has 3 nitrogen and oxygen atoms in total. The van der Waals surface area contributed by atoms with E-state index >= 15 is 0 Å². The molecule has 2 aliphatic carbocycles. The van der Waals surface area contributed by atoms with Gasteiger partial charge in [0.1, 0.15) is 0 Å². The fourth-order valence-electron chi connectivity index (χ4n) is 3.45. The van der Waals surface area contributed by atoms with Crippen LogP contribution in [0.1, 0.15) is 22.3 Å². The summed E-state index contributed by atoms with van der Waals surface area (Å²) in [6, 6.07) is 16.8. The predicted molar refractivity (Wildman–Crippen MR) is 81.3 cm³/mol. The van der Waals surface area contributed by atoms with Crippen molar-refractivity contribution in [1.82, 2.24) is 0 Å². The van der Waals surface area contributed by atoms with E-state index in [4.69, 9.17) is 0 Å². The first kappa shape index (κ1) is 12.7. The maximum Gasteiger partial charge on any atom is 0.184 e. The Morgan fingerprint density at radius 2 is 1.29 bits per heavy atom. The van der Waals surface area contributed by atoms with Crippen molar-refractivity contribution in [3.05, 3.63) is 70.8 Å². The molecule has 0 fully saturated rings. The van der Waals surface area contributed by atoms with Crippen LogP contribution < -0.4 is 0 Å². The van der Waals surface area contributed by atoms with Gasteiger partial charge in [-0.2, -0.15) is 10.2 Å². The molecule has 2 aliphatic rings. The van der Waals surface area contributed by atoms with Crippen molar-refractivity contribution in [2.45, 2.75) is 37.5 Å². The highest BCUT2D eigenvalue weighted by Gasteiger charge is 2.35. The minimum absolute atomic E-state index is 0.176. The summed E-state index contributed by atoms with van der Waals surface area (Å²) < 4.78 is 0. The van der Waals surface area contributed by atoms with Gasteiger partial charge in [0, 0.05) is 12.8 Å². The number of rotatable bonds is 2. The predicted octanol–water partition coefficient (Wildman–Crippen LogP) is 3.09. The second-order valence-corrected chi connectivity index (χ2v) is 6.15. The van der Waals surface area contributed by atoms with Crippen LogP contribution in [0.2, 0.25) is 0 Å². The van der Waals surface area contributed by atoms with E-state index in [-0.39, 0.29) is 6.04 Å². The van der Waals surface area contributed by atoms with Gasteiger partial charge in [-0.3, -0.25) is 0 Å². The van der Waals surface area contributed by atoms with Crippen LogP contribution in [0.4, 0.5) is 0 Å². The second-order valence-electron chi connectivity index (χ2n) is 6.15. The summed E-state index contributed by atoms with van der Waals surface area (Å²) in [5.41, 5.74) is 4.06. The monoisotopic (exact) mass is 278 g/mol. The molecule has 0 spiro atoms. The maximum absolute atomic E-state index is 10.6. The normalized spacial score (nSPS) is 19.9. The third kappa shape index (κ3) is 2.38. The third-order valence-electron chi connectivity index (χ3n) is 4.50. The zero-order valence-corrected chi connectivity index (χ0v) is 11.9. The quantitative estimate of drug-likeness (QED) is 0.843. The number of benzene rings is 2. The molecular formula is C18H18N2O. The number of hydrogen-bond donors (Lipinski definition) is 1. The molecule has 21 heavy (non-hydrogen) atoms. The van der Waals surface area contributed by atoms with Gasteiger partial charge in [0.15, 0.2) is 5.72 Å². The molecule has 2 aromatic rings. The van der Waals surface area contributed by atoms with Crippen molar-refractivity contribution in [2.75, 3.05) is 0 Å². The Hall–Kier alpha value is -2.00. The Balaban J connectivity index is 1.48. The van der Waals surface area contributed by atoms with E-state index in [1.165, 1.54) is 22.3 Å². The van der Waals surface area contributed by atoms with Crippen LogP contribution in [0.5, 0.6) is 0 Å². The summed E-state index contributed by atoms with van der Waals surface area (Å²) in [6.45, 7) is 0. The first-order chi connectivity index (χ1) is 10.2. The molecular weight excluding hydrogens is 260 g/mol. The zero-order chi connectivity index (χ0) is 14.3. The number of hydrogen-bond acceptors (Lipinski definition) is 3. The topological polar surface area (TPSA) is 45.0 Å². The summed E-state index contributed by atoms with van der Waals surface area (Å²) in [5, 5.41) is 19.4. The van der Waals surface area contributed by atoms with Crippen LogP contribution in [-0.2, 0) is 25.7 Å². The smallest absolute Gasteiger partial charge is 0.184 e. The minimum atomic E-state index is -1.04. The van der Waals surface area contributed by atoms with E-state index in [0.29, 0.717) is 12.8 Å². The van der Waals surface area contributed by atoms with E-state index in [9.17, 15) is 5.11 Å². The molecule has 0 bridgehead atoms. The standard InChI is InChI=1S/C18H18N2O/c21-18(11-15-7-3-4-8-16(15)12-18)20-19-17-9-13-5-1-2-6-14(13)10-17/h1-8,17,21H,9-12H2/b20-19+. The SMILES string of the molecule is OC1(/N=N/C2Cc3ccccc3C2)Cc2ccccc2C1. The molecule has 3 heteroatoms. The molecule has 0 aliphatic heterocycles. The molecule has 0 saturated heterocycles. The average molecular weight is 278 g/mol. The summed E-state index contributed by atoms with van der Waals surface area (Å²) in [4.78, 5) is 0. The first-order valence-corrected chi connectivity index (χ1v) is 7.50. The summed E-state index contributed by atoms with van der Waals surface area (Å²) in [7, 11) is 0. The Morgan fingerprint density at radius 1 is 0.810 bits per heavy atom. The summed E-state index contributed by atoms with van der Waals surface area (Å²) >= 11 is 0. The lowest BCUT2D eigenvalue weighted by atomic mass is 10.1. The fraction of sp³-hybridized carbons (Fsp3) is 0.333. The molecule has 0 unspecified atom stereocenters. The Morgan fingerprint density at radius 3 is 1.81 bits per heavy atom. The molecule has 1 N–H and O–H groups in total. The highest BCUT2D eigenvalue weighted by atomic mass is 16.3. The second kappa shape index (κ2) is 4.78. The van der Waals surface area contributed by atoms with Gasteiger partial charge in [-0.15, -0.1) is 0 Å². The molecule has 0 heterocycles. The third-order valence-corrected chi connectivity index (χ3v) is 4.50. The van der Waals surface area contributed by atoms with E-state index in [1.54, 1.807) is 0 Å². The lowest BCUT2D eigenvalue weighted by Gasteiger charge is -2.15. The number of azo groups is 1. The van der Waals surface area contributed by atoms with Gasteiger partial charge in [-0.1, -0.05) is 48.5 Å². The van der Waals surface area contributed by atoms with Crippen LogP contribution in [-0.4, -0.2) is 16.9 Å². The molecule has 2 aromatic carbocycles. The molecule has 0 atom stereocenters. The highest BCUT2D eigenvalue weighted by molar-refractivity contribution is 5.35. The summed E-state index contributed by atoms with van der Waals surface area (Å²) in [5.74, 6) is 0. The number of aliphatic hydroxyl groups is 1. The zero-order valence-electron chi connectivity index (χ0n) is 11.9. The highest BCUT2D eigenvalue weighted by Crippen LogP contribution is 2.32. The van der Waals surface area contributed by atoms with Crippen LogP contribution in [0.15, 0.2) is 58.8 Å². The Bertz CT molecular complexity index is 658. The molecule has 4 rings (SSSR count). The molecule has 0 amide bonds. The molecule has 0 aromatic heterocycles. The van der Waals surface area contributed by atoms with Crippen molar-refractivity contribution < 1.29 is 5.11 Å². The van der Waals surface area contributed by atoms with Gasteiger partial charge >= 0.3 is 0 Å². The van der Waals surface area contributed by atoms with Crippen molar-refractivity contribution in [2.24, 2.45) is 10.2 Å². The fourth-order valence-corrected chi connectivity index (χ4v) is 3.45. The molecule has 0 saturated carbocycles. The van der Waals surface area contributed by atoms with Crippen molar-refractivity contribution >= 4 is 0 Å². The minimum Gasteiger partial charge on any atom is -0.367 e. The molecule has 0 radical (unpaired) electrons. The van der Waals surface area contributed by atoms with E-state index in [0.717, 1.165) is 12.8 Å². The van der Waals surface area contributed by atoms with Gasteiger partial charge in [-0.25, -0.2) is 0 Å². The van der Waals surface area contributed by atoms with Gasteiger partial charge in [0.25, 0.3) is 0 Å². The van der Waals surface area contributed by atoms with Crippen molar-refractivity contribution in [1.29, 1.82) is 0 Å². The summed E-state index contributed by atoms with van der Waals surface area (Å²) in [6.07, 6.45) is 3.02. The Labute approximate surface area is 124 Å². The van der Waals surface area contributed by atoms with Gasteiger partial charge in [0.2, 0.25) is 0 Å². The van der Waals surface area contributed by atoms with Crippen LogP contribution in [0.3, 0.4) is 0 Å². The Kier molecular flexibility index (Phi) is 2.89. The van der Waals surface area contributed by atoms with Crippen LogP contribution >= 0.6 is 0 Å². The van der Waals surface area contributed by atoms with Crippen LogP contribution in [0, 0.1) is 0 Å². The van der Waals surface area contributed by atoms with Crippen LogP contribution in [0.25, 0.3) is 0 Å². The maximum atomic E-state index is 10.6.